The van der Waals surface area contributed by atoms with Crippen molar-refractivity contribution < 1.29 is 18.3 Å². The number of hydrogen-bond donors (Lipinski definition) is 1. The molecule has 1 saturated carbocycles. The van der Waals surface area contributed by atoms with Gasteiger partial charge in [-0.3, -0.25) is 9.29 Å². The van der Waals surface area contributed by atoms with Crippen LogP contribution in [0.2, 0.25) is 0 Å². The summed E-state index contributed by atoms with van der Waals surface area (Å²) in [6.45, 7) is 0. The molecule has 0 saturated heterocycles. The number of rotatable bonds is 7. The zero-order chi connectivity index (χ0) is 23.8. The fourth-order valence-corrected chi connectivity index (χ4v) is 4.58. The minimum atomic E-state index is -0.400. The highest BCUT2D eigenvalue weighted by molar-refractivity contribution is 8.01. The van der Waals surface area contributed by atoms with Crippen LogP contribution in [0.25, 0.3) is 17.3 Å². The van der Waals surface area contributed by atoms with Crippen molar-refractivity contribution in [1.29, 1.82) is 0 Å². The van der Waals surface area contributed by atoms with Gasteiger partial charge in [-0.25, -0.2) is 14.4 Å². The second-order valence-electron chi connectivity index (χ2n) is 7.35. The quantitative estimate of drug-likeness (QED) is 0.356. The number of aromatic nitrogens is 5. The number of nitrogens with zero attached hydrogens (tertiary/aromatic N) is 5. The lowest BCUT2D eigenvalue weighted by Gasteiger charge is -2.17. The minimum absolute atomic E-state index is 0.400. The Bertz CT molecular complexity index is 1140. The van der Waals surface area contributed by atoms with Gasteiger partial charge in [0.25, 0.3) is 0 Å². The topological polar surface area (TPSA) is 100 Å². The Morgan fingerprint density at radius 2 is 1.74 bits per heavy atom. The first-order valence-electron chi connectivity index (χ1n) is 10.7. The Kier molecular flexibility index (Phi) is 7.97. The van der Waals surface area contributed by atoms with Gasteiger partial charge < -0.3 is 13.9 Å². The number of nitrogens with one attached hydrogen (secondary N) is 1. The molecule has 1 N–H and O–H groups in total. The summed E-state index contributed by atoms with van der Waals surface area (Å²) < 4.78 is 33.8. The minimum Gasteiger partial charge on any atom is -0.494 e. The SMILES string of the molecule is COc1cccc(OC)c1-n1c(NSC2CCCC2)nnc1-c1ccco1.Fc1cncnc1. The summed E-state index contributed by atoms with van der Waals surface area (Å²) in [7, 11) is 3.27. The van der Waals surface area contributed by atoms with Gasteiger partial charge in [0.05, 0.1) is 32.9 Å². The standard InChI is InChI=1S/C19H22N4O3S.C4H3FN2/c1-24-14-9-5-10-15(25-2)17(14)23-18(16-11-6-12-26-16)20-21-19(23)22-27-13-7-3-4-8-13;5-4-1-6-3-7-2-4/h5-6,9-13H,3-4,7-8H2,1-2H3,(H,21,22);1-3H. The lowest BCUT2D eigenvalue weighted by Crippen LogP contribution is -2.08. The molecule has 0 unspecified atom stereocenters. The van der Waals surface area contributed by atoms with E-state index in [0.29, 0.717) is 34.3 Å². The molecule has 5 rings (SSSR count). The van der Waals surface area contributed by atoms with Gasteiger partial charge in [0.2, 0.25) is 11.8 Å². The van der Waals surface area contributed by atoms with Gasteiger partial charge in [-0.15, -0.1) is 10.2 Å². The molecule has 1 aliphatic rings. The van der Waals surface area contributed by atoms with E-state index in [1.807, 2.05) is 34.9 Å². The van der Waals surface area contributed by atoms with E-state index in [9.17, 15) is 4.39 Å². The second-order valence-corrected chi connectivity index (χ2v) is 8.46. The third-order valence-electron chi connectivity index (χ3n) is 5.18. The molecule has 0 bridgehead atoms. The second kappa shape index (κ2) is 11.5. The average Bonchev–Trinajstić information content (AvgIpc) is 3.65. The predicted molar refractivity (Wildman–Crippen MR) is 128 cm³/mol. The molecule has 3 aromatic heterocycles. The molecule has 34 heavy (non-hydrogen) atoms. The predicted octanol–water partition coefficient (Wildman–Crippen LogP) is 5.16. The van der Waals surface area contributed by atoms with Crippen LogP contribution in [0.4, 0.5) is 10.3 Å². The number of hydrogen-bond acceptors (Lipinski definition) is 9. The summed E-state index contributed by atoms with van der Waals surface area (Å²) in [5.41, 5.74) is 0.730. The van der Waals surface area contributed by atoms with Crippen LogP contribution in [0.5, 0.6) is 11.5 Å². The van der Waals surface area contributed by atoms with E-state index < -0.39 is 5.82 Å². The highest BCUT2D eigenvalue weighted by Crippen LogP contribution is 2.39. The monoisotopic (exact) mass is 484 g/mol. The Labute approximate surface area is 200 Å². The van der Waals surface area contributed by atoms with E-state index in [1.165, 1.54) is 32.0 Å². The van der Waals surface area contributed by atoms with Gasteiger partial charge in [0.15, 0.2) is 11.6 Å². The van der Waals surface area contributed by atoms with E-state index in [1.54, 1.807) is 32.4 Å². The molecule has 1 aliphatic carbocycles. The van der Waals surface area contributed by atoms with Crippen LogP contribution in [0.1, 0.15) is 25.7 Å². The number of furan rings is 1. The molecule has 11 heteroatoms. The van der Waals surface area contributed by atoms with Crippen molar-refractivity contribution in [3.05, 3.63) is 61.1 Å². The molecular weight excluding hydrogens is 459 g/mol. The van der Waals surface area contributed by atoms with Crippen LogP contribution in [0.3, 0.4) is 0 Å². The molecule has 4 aromatic rings. The van der Waals surface area contributed by atoms with E-state index in [-0.39, 0.29) is 0 Å². The molecule has 9 nitrogen and oxygen atoms in total. The molecule has 0 amide bonds. The molecule has 178 valence electrons. The fourth-order valence-electron chi connectivity index (χ4n) is 3.60. The first-order chi connectivity index (χ1) is 16.7. The van der Waals surface area contributed by atoms with Crippen LogP contribution < -0.4 is 14.2 Å². The number of anilines is 1. The van der Waals surface area contributed by atoms with Crippen molar-refractivity contribution in [2.75, 3.05) is 18.9 Å². The Morgan fingerprint density at radius 3 is 2.29 bits per heavy atom. The average molecular weight is 485 g/mol. The number of methoxy groups -OCH3 is 2. The van der Waals surface area contributed by atoms with Crippen molar-refractivity contribution in [3.63, 3.8) is 0 Å². The summed E-state index contributed by atoms with van der Waals surface area (Å²) in [5, 5.41) is 9.32. The largest absolute Gasteiger partial charge is 0.494 e. The van der Waals surface area contributed by atoms with Gasteiger partial charge in [0.1, 0.15) is 23.5 Å². The molecule has 3 heterocycles. The summed E-state index contributed by atoms with van der Waals surface area (Å²) in [6.07, 6.45) is 10.1. The molecule has 0 atom stereocenters. The number of halogens is 1. The van der Waals surface area contributed by atoms with Crippen LogP contribution in [0, 0.1) is 5.82 Å². The van der Waals surface area contributed by atoms with E-state index in [0.717, 1.165) is 18.1 Å². The highest BCUT2D eigenvalue weighted by Gasteiger charge is 2.24. The smallest absolute Gasteiger partial charge is 0.239 e. The summed E-state index contributed by atoms with van der Waals surface area (Å²) in [6, 6.07) is 9.35. The summed E-state index contributed by atoms with van der Waals surface area (Å²) >= 11 is 1.70. The van der Waals surface area contributed by atoms with E-state index in [4.69, 9.17) is 13.9 Å². The molecule has 0 aliphatic heterocycles. The van der Waals surface area contributed by atoms with Crippen molar-refractivity contribution in [1.82, 2.24) is 24.7 Å². The number of benzene rings is 1. The molecule has 1 aromatic carbocycles. The maximum atomic E-state index is 11.8. The number of para-hydroxylation sites is 1. The normalized spacial score (nSPS) is 13.3. The van der Waals surface area contributed by atoms with Gasteiger partial charge >= 0.3 is 0 Å². The molecule has 1 fully saturated rings. The van der Waals surface area contributed by atoms with Gasteiger partial charge in [-0.2, -0.15) is 0 Å². The van der Waals surface area contributed by atoms with Crippen molar-refractivity contribution >= 4 is 17.9 Å². The fraction of sp³-hybridized carbons (Fsp3) is 0.304. The van der Waals surface area contributed by atoms with E-state index in [2.05, 4.69) is 24.9 Å². The third kappa shape index (κ3) is 5.48. The Hall–Kier alpha value is -3.60. The van der Waals surface area contributed by atoms with Crippen LogP contribution >= 0.6 is 11.9 Å². The van der Waals surface area contributed by atoms with Gasteiger partial charge in [-0.05, 0) is 49.1 Å². The summed E-state index contributed by atoms with van der Waals surface area (Å²) in [4.78, 5) is 6.80. The number of ether oxygens (including phenoxy) is 2. The van der Waals surface area contributed by atoms with E-state index >= 15 is 0 Å². The lowest BCUT2D eigenvalue weighted by molar-refractivity contribution is 0.391. The van der Waals surface area contributed by atoms with Crippen molar-refractivity contribution in [3.8, 4) is 28.8 Å². The van der Waals surface area contributed by atoms with Crippen LogP contribution in [-0.2, 0) is 0 Å². The van der Waals surface area contributed by atoms with Gasteiger partial charge in [0, 0.05) is 5.25 Å². The molecule has 0 radical (unpaired) electrons. The zero-order valence-electron chi connectivity index (χ0n) is 18.8. The Morgan fingerprint density at radius 1 is 1.03 bits per heavy atom. The summed E-state index contributed by atoms with van der Waals surface area (Å²) in [5.74, 6) is 2.74. The van der Waals surface area contributed by atoms with Crippen LogP contribution in [0.15, 0.2) is 59.7 Å². The maximum absolute atomic E-state index is 11.8. The Balaban J connectivity index is 0.000000336. The van der Waals surface area contributed by atoms with Crippen molar-refractivity contribution in [2.45, 2.75) is 30.9 Å². The first-order valence-corrected chi connectivity index (χ1v) is 11.6. The van der Waals surface area contributed by atoms with Crippen molar-refractivity contribution in [2.24, 2.45) is 0 Å². The van der Waals surface area contributed by atoms with Crippen LogP contribution in [-0.4, -0.2) is 44.2 Å². The third-order valence-corrected chi connectivity index (χ3v) is 6.28. The van der Waals surface area contributed by atoms with Gasteiger partial charge in [-0.1, -0.05) is 18.9 Å². The zero-order valence-corrected chi connectivity index (χ0v) is 19.7. The molecule has 0 spiro atoms. The lowest BCUT2D eigenvalue weighted by atomic mass is 10.2. The highest BCUT2D eigenvalue weighted by atomic mass is 32.2. The maximum Gasteiger partial charge on any atom is 0.239 e. The first kappa shape index (κ1) is 23.6. The molecular formula is C23H25FN6O3S.